The smallest absolute Gasteiger partial charge is 0.228 e. The number of nitrogens with zero attached hydrogens (tertiary/aromatic N) is 4. The first kappa shape index (κ1) is 20.2. The summed E-state index contributed by atoms with van der Waals surface area (Å²) in [6.45, 7) is 3.70. The molecule has 1 aliphatic heterocycles. The first-order valence-electron chi connectivity index (χ1n) is 12.0. The van der Waals surface area contributed by atoms with Gasteiger partial charge in [-0.15, -0.1) is 0 Å². The van der Waals surface area contributed by atoms with Gasteiger partial charge in [-0.25, -0.2) is 0 Å². The molecular weight excluding hydrogens is 406 g/mol. The van der Waals surface area contributed by atoms with E-state index in [-0.39, 0.29) is 12.0 Å². The van der Waals surface area contributed by atoms with Crippen molar-refractivity contribution >= 4 is 17.6 Å². The maximum atomic E-state index is 11.1. The lowest BCUT2D eigenvalue weighted by atomic mass is 9.79. The number of aryl methyl sites for hydroxylation is 1. The minimum Gasteiger partial charge on any atom is -0.476 e. The number of aromatic nitrogens is 4. The Bertz CT molecular complexity index is 996. The Kier molecular flexibility index (Phi) is 4.80. The lowest BCUT2D eigenvalue weighted by molar-refractivity contribution is 0.00988. The van der Waals surface area contributed by atoms with Crippen molar-refractivity contribution in [3.8, 4) is 5.88 Å². The molecule has 3 heterocycles. The van der Waals surface area contributed by atoms with Crippen LogP contribution in [0.15, 0.2) is 12.1 Å². The van der Waals surface area contributed by atoms with E-state index in [4.69, 9.17) is 14.7 Å². The summed E-state index contributed by atoms with van der Waals surface area (Å²) in [4.78, 5) is 11.8. The topological polar surface area (TPSA) is 111 Å². The molecule has 7 rings (SSSR count). The lowest BCUT2D eigenvalue weighted by Gasteiger charge is -2.32. The fourth-order valence-corrected chi connectivity index (χ4v) is 6.76. The Morgan fingerprint density at radius 2 is 2.16 bits per heavy atom. The summed E-state index contributed by atoms with van der Waals surface area (Å²) >= 11 is 0. The number of hydrogen-bond acceptors (Lipinski definition) is 8. The number of anilines is 3. The van der Waals surface area contributed by atoms with Crippen LogP contribution in [0.5, 0.6) is 5.88 Å². The number of nitrogens with one attached hydrogen (secondary N) is 3. The largest absolute Gasteiger partial charge is 0.476 e. The summed E-state index contributed by atoms with van der Waals surface area (Å²) in [7, 11) is 2.15. The van der Waals surface area contributed by atoms with E-state index >= 15 is 0 Å². The third-order valence-corrected chi connectivity index (χ3v) is 8.17. The highest BCUT2D eigenvalue weighted by Gasteiger charge is 2.62. The van der Waals surface area contributed by atoms with E-state index in [2.05, 4.69) is 32.8 Å². The van der Waals surface area contributed by atoms with E-state index in [0.717, 1.165) is 37.9 Å². The number of H-pyrrole nitrogens is 1. The first-order chi connectivity index (χ1) is 15.4. The van der Waals surface area contributed by atoms with E-state index in [0.29, 0.717) is 47.9 Å². The summed E-state index contributed by atoms with van der Waals surface area (Å²) in [5.74, 6) is 3.93. The second-order valence-corrected chi connectivity index (χ2v) is 10.4. The molecule has 5 fully saturated rings. The number of likely N-dealkylation sites (N-methyl/N-ethyl adjacent to an activating group) is 1. The maximum absolute atomic E-state index is 11.1. The molecule has 0 radical (unpaired) electrons. The molecule has 4 N–H and O–H groups in total. The zero-order valence-electron chi connectivity index (χ0n) is 18.8. The number of aliphatic hydroxyl groups is 1. The van der Waals surface area contributed by atoms with Crippen molar-refractivity contribution in [2.45, 2.75) is 63.1 Å². The average molecular weight is 440 g/mol. The summed E-state index contributed by atoms with van der Waals surface area (Å²) in [6, 6.07) is 4.41. The maximum Gasteiger partial charge on any atom is 0.228 e. The molecule has 2 aromatic heterocycles. The summed E-state index contributed by atoms with van der Waals surface area (Å²) < 4.78 is 6.14. The Hall–Kier alpha value is -2.39. The van der Waals surface area contributed by atoms with Crippen molar-refractivity contribution in [2.75, 3.05) is 30.8 Å². The molecule has 4 aliphatic carbocycles. The number of likely N-dealkylation sites (tertiary alicyclic amines) is 1. The third kappa shape index (κ3) is 3.61. The Labute approximate surface area is 188 Å². The molecule has 9 nitrogen and oxygen atoms in total. The summed E-state index contributed by atoms with van der Waals surface area (Å²) in [5.41, 5.74) is 0.478. The van der Waals surface area contributed by atoms with Crippen molar-refractivity contribution in [2.24, 2.45) is 17.8 Å². The summed E-state index contributed by atoms with van der Waals surface area (Å²) in [6.07, 6.45) is 6.51. The molecule has 32 heavy (non-hydrogen) atoms. The van der Waals surface area contributed by atoms with Gasteiger partial charge < -0.3 is 25.4 Å². The van der Waals surface area contributed by atoms with Crippen molar-refractivity contribution in [3.05, 3.63) is 17.8 Å². The highest BCUT2D eigenvalue weighted by molar-refractivity contribution is 5.55. The molecule has 9 heteroatoms. The molecule has 2 aromatic rings. The van der Waals surface area contributed by atoms with Crippen LogP contribution < -0.4 is 15.4 Å². The predicted octanol–water partition coefficient (Wildman–Crippen LogP) is 2.69. The van der Waals surface area contributed by atoms with Crippen molar-refractivity contribution < 1.29 is 9.84 Å². The number of hydrogen-bond donors (Lipinski definition) is 4. The minimum atomic E-state index is -0.500. The second-order valence-electron chi connectivity index (χ2n) is 10.4. The highest BCUT2D eigenvalue weighted by atomic mass is 16.5. The quantitative estimate of drug-likeness (QED) is 0.521. The van der Waals surface area contributed by atoms with Crippen LogP contribution >= 0.6 is 0 Å². The fraction of sp³-hybridized carbons (Fsp3) is 0.696. The highest BCUT2D eigenvalue weighted by Crippen LogP contribution is 2.60. The van der Waals surface area contributed by atoms with E-state index in [1.54, 1.807) is 0 Å². The van der Waals surface area contributed by atoms with Gasteiger partial charge in [0, 0.05) is 35.8 Å². The molecule has 5 aliphatic rings. The van der Waals surface area contributed by atoms with Crippen LogP contribution in [0, 0.1) is 24.7 Å². The number of rotatable bonds is 7. The average Bonchev–Trinajstić information content (AvgIpc) is 3.44. The lowest BCUT2D eigenvalue weighted by Crippen LogP contribution is -2.37. The standard InChI is InChI=1S/C23H33N7O2/c1-13-6-19(29-28-13)24-18-9-20(32-12-16-4-3-5-30(16)2)26-22(25-18)27-21-15-7-14-8-17(21)23(31,10-14)11-15/h6,9,14-17,21,31H,3-5,7-8,10-12H2,1-2H3,(H3,24,25,26,27,28,29)/t14?,15?,16-,17?,21?,23?/m1/s1. The molecule has 6 atom stereocenters. The van der Waals surface area contributed by atoms with Crippen LogP contribution in [0.4, 0.5) is 17.6 Å². The zero-order chi connectivity index (χ0) is 21.9. The van der Waals surface area contributed by atoms with Crippen molar-refractivity contribution in [3.63, 3.8) is 0 Å². The van der Waals surface area contributed by atoms with Crippen molar-refractivity contribution in [1.82, 2.24) is 25.1 Å². The third-order valence-electron chi connectivity index (χ3n) is 8.17. The first-order valence-corrected chi connectivity index (χ1v) is 12.0. The van der Waals surface area contributed by atoms with Gasteiger partial charge in [-0.05, 0) is 70.9 Å². The van der Waals surface area contributed by atoms with Gasteiger partial charge in [0.05, 0.1) is 5.60 Å². The molecule has 5 unspecified atom stereocenters. The number of ether oxygens (including phenoxy) is 1. The van der Waals surface area contributed by atoms with Gasteiger partial charge in [0.15, 0.2) is 5.82 Å². The van der Waals surface area contributed by atoms with Crippen molar-refractivity contribution in [1.29, 1.82) is 0 Å². The molecule has 0 spiro atoms. The normalized spacial score (nSPS) is 35.5. The Morgan fingerprint density at radius 1 is 1.25 bits per heavy atom. The fourth-order valence-electron chi connectivity index (χ4n) is 6.76. The van der Waals surface area contributed by atoms with Crippen LogP contribution in [0.2, 0.25) is 0 Å². The van der Waals surface area contributed by atoms with Gasteiger partial charge in [-0.3, -0.25) is 5.10 Å². The van der Waals surface area contributed by atoms with Crippen LogP contribution in [-0.4, -0.2) is 68.1 Å². The predicted molar refractivity (Wildman–Crippen MR) is 121 cm³/mol. The molecule has 0 amide bonds. The van der Waals surface area contributed by atoms with E-state index < -0.39 is 5.60 Å². The summed E-state index contributed by atoms with van der Waals surface area (Å²) in [5, 5.41) is 25.2. The van der Waals surface area contributed by atoms with E-state index in [9.17, 15) is 5.11 Å². The monoisotopic (exact) mass is 439 g/mol. The van der Waals surface area contributed by atoms with E-state index in [1.165, 1.54) is 12.8 Å². The van der Waals surface area contributed by atoms with Gasteiger partial charge in [-0.2, -0.15) is 15.1 Å². The Balaban J connectivity index is 1.23. The SMILES string of the molecule is Cc1cc(Nc2cc(OC[C@H]3CCCN3C)nc(NC3C4CC5CC3C(O)(C5)C4)n2)n[nH]1. The number of aromatic amines is 1. The van der Waals surface area contributed by atoms with Crippen LogP contribution in [-0.2, 0) is 0 Å². The van der Waals surface area contributed by atoms with Gasteiger partial charge in [0.1, 0.15) is 12.4 Å². The van der Waals surface area contributed by atoms with Crippen LogP contribution in [0.25, 0.3) is 0 Å². The minimum absolute atomic E-state index is 0.218. The van der Waals surface area contributed by atoms with Crippen LogP contribution in [0.1, 0.15) is 44.2 Å². The molecular formula is C23H33N7O2. The van der Waals surface area contributed by atoms with E-state index in [1.807, 2.05) is 19.1 Å². The zero-order valence-corrected chi connectivity index (χ0v) is 18.8. The van der Waals surface area contributed by atoms with Gasteiger partial charge in [-0.1, -0.05) is 0 Å². The molecule has 4 saturated carbocycles. The van der Waals surface area contributed by atoms with Gasteiger partial charge in [0.25, 0.3) is 0 Å². The van der Waals surface area contributed by atoms with Gasteiger partial charge >= 0.3 is 0 Å². The second kappa shape index (κ2) is 7.59. The molecule has 4 bridgehead atoms. The van der Waals surface area contributed by atoms with Gasteiger partial charge in [0.2, 0.25) is 11.8 Å². The molecule has 172 valence electrons. The molecule has 1 saturated heterocycles. The molecule has 0 aromatic carbocycles. The van der Waals surface area contributed by atoms with Crippen LogP contribution in [0.3, 0.4) is 0 Å². The Morgan fingerprint density at radius 3 is 2.91 bits per heavy atom.